The molecule has 106 valence electrons. The van der Waals surface area contributed by atoms with Gasteiger partial charge in [0, 0.05) is 7.11 Å². The van der Waals surface area contributed by atoms with E-state index in [1.165, 1.54) is 7.11 Å². The Balaban J connectivity index is 2.50. The Morgan fingerprint density at radius 2 is 1.84 bits per heavy atom. The predicted molar refractivity (Wildman–Crippen MR) is 74.8 cm³/mol. The Labute approximate surface area is 115 Å². The van der Waals surface area contributed by atoms with Crippen molar-refractivity contribution in [3.8, 4) is 5.75 Å². The van der Waals surface area contributed by atoms with Crippen molar-refractivity contribution in [1.82, 2.24) is 5.09 Å². The van der Waals surface area contributed by atoms with Gasteiger partial charge in [-0.15, -0.1) is 0 Å². The molecule has 1 N–H and O–H groups in total. The summed E-state index contributed by atoms with van der Waals surface area (Å²) in [5, 5.41) is 2.97. The molecule has 0 aliphatic heterocycles. The van der Waals surface area contributed by atoms with Gasteiger partial charge in [0.1, 0.15) is 11.8 Å². The SMILES string of the molecule is COP(N[C@@H](C)C(=O)OC(C)C)Oc1ccccc1. The van der Waals surface area contributed by atoms with Crippen molar-refractivity contribution in [1.29, 1.82) is 0 Å². The standard InChI is InChI=1S/C13H20NO4P/c1-10(2)17-13(15)11(3)14-19(16-4)18-12-8-6-5-7-9-12/h5-11,14H,1-4H3/t11-,19?/m0/s1. The third-order valence-corrected chi connectivity index (χ3v) is 3.41. The van der Waals surface area contributed by atoms with E-state index in [9.17, 15) is 4.79 Å². The Kier molecular flexibility index (Phi) is 6.78. The maximum Gasteiger partial charge on any atom is 0.323 e. The molecule has 0 radical (unpaired) electrons. The second kappa shape index (κ2) is 8.10. The van der Waals surface area contributed by atoms with Gasteiger partial charge in [0.05, 0.1) is 6.10 Å². The van der Waals surface area contributed by atoms with Crippen molar-refractivity contribution >= 4 is 14.5 Å². The summed E-state index contributed by atoms with van der Waals surface area (Å²) in [4.78, 5) is 11.7. The highest BCUT2D eigenvalue weighted by Gasteiger charge is 2.22. The molecule has 1 rings (SSSR count). The van der Waals surface area contributed by atoms with Crippen LogP contribution in [0.1, 0.15) is 20.8 Å². The molecule has 0 saturated heterocycles. The molecular formula is C13H20NO4P. The number of carbonyl (C=O) groups is 1. The summed E-state index contributed by atoms with van der Waals surface area (Å²) in [6, 6.07) is 8.81. The van der Waals surface area contributed by atoms with Gasteiger partial charge < -0.3 is 13.8 Å². The summed E-state index contributed by atoms with van der Waals surface area (Å²) in [5.41, 5.74) is 0. The van der Waals surface area contributed by atoms with E-state index in [1.807, 2.05) is 44.2 Å². The zero-order chi connectivity index (χ0) is 14.3. The minimum atomic E-state index is -1.38. The molecule has 0 amide bonds. The molecule has 0 bridgehead atoms. The molecule has 6 heteroatoms. The summed E-state index contributed by atoms with van der Waals surface area (Å²) in [7, 11) is 0.147. The number of hydrogen-bond acceptors (Lipinski definition) is 5. The minimum Gasteiger partial charge on any atom is -0.462 e. The first-order valence-electron chi connectivity index (χ1n) is 6.07. The van der Waals surface area contributed by atoms with E-state index in [0.29, 0.717) is 5.75 Å². The summed E-state index contributed by atoms with van der Waals surface area (Å²) in [6.07, 6.45) is -0.138. The number of rotatable bonds is 7. The Morgan fingerprint density at radius 1 is 1.21 bits per heavy atom. The van der Waals surface area contributed by atoms with Gasteiger partial charge in [-0.1, -0.05) is 18.2 Å². The molecule has 19 heavy (non-hydrogen) atoms. The van der Waals surface area contributed by atoms with Crippen LogP contribution < -0.4 is 9.61 Å². The van der Waals surface area contributed by atoms with Crippen LogP contribution in [-0.4, -0.2) is 25.2 Å². The van der Waals surface area contributed by atoms with Crippen LogP contribution in [0, 0.1) is 0 Å². The highest BCUT2D eigenvalue weighted by molar-refractivity contribution is 7.45. The van der Waals surface area contributed by atoms with Crippen LogP contribution in [0.5, 0.6) is 5.75 Å². The lowest BCUT2D eigenvalue weighted by molar-refractivity contribution is -0.149. The van der Waals surface area contributed by atoms with E-state index < -0.39 is 14.6 Å². The number of para-hydroxylation sites is 1. The van der Waals surface area contributed by atoms with Crippen molar-refractivity contribution in [3.63, 3.8) is 0 Å². The van der Waals surface area contributed by atoms with Gasteiger partial charge in [0.2, 0.25) is 0 Å². The fraction of sp³-hybridized carbons (Fsp3) is 0.462. The van der Waals surface area contributed by atoms with Crippen molar-refractivity contribution < 1.29 is 18.6 Å². The molecule has 2 atom stereocenters. The van der Waals surface area contributed by atoms with E-state index in [0.717, 1.165) is 0 Å². The fourth-order valence-electron chi connectivity index (χ4n) is 1.24. The third-order valence-electron chi connectivity index (χ3n) is 2.10. The summed E-state index contributed by atoms with van der Waals surface area (Å²) in [6.45, 7) is 5.34. The fourth-order valence-corrected chi connectivity index (χ4v) is 2.21. The molecule has 0 spiro atoms. The average molecular weight is 285 g/mol. The van der Waals surface area contributed by atoms with Gasteiger partial charge >= 0.3 is 14.5 Å². The van der Waals surface area contributed by atoms with E-state index in [1.54, 1.807) is 6.92 Å². The zero-order valence-corrected chi connectivity index (χ0v) is 12.5. The molecule has 1 unspecified atom stereocenters. The summed E-state index contributed by atoms with van der Waals surface area (Å²) < 4.78 is 15.9. The molecule has 0 saturated carbocycles. The lowest BCUT2D eigenvalue weighted by Crippen LogP contribution is -2.34. The molecule has 0 aliphatic rings. The second-order valence-electron chi connectivity index (χ2n) is 4.18. The first-order valence-corrected chi connectivity index (χ1v) is 7.24. The van der Waals surface area contributed by atoms with E-state index in [2.05, 4.69) is 5.09 Å². The van der Waals surface area contributed by atoms with Crippen LogP contribution in [0.4, 0.5) is 0 Å². The van der Waals surface area contributed by atoms with Crippen LogP contribution in [-0.2, 0) is 14.1 Å². The quantitative estimate of drug-likeness (QED) is 0.616. The molecule has 0 fully saturated rings. The van der Waals surface area contributed by atoms with Crippen LogP contribution in [0.2, 0.25) is 0 Å². The zero-order valence-electron chi connectivity index (χ0n) is 11.6. The van der Waals surface area contributed by atoms with Gasteiger partial charge in [0.25, 0.3) is 0 Å². The summed E-state index contributed by atoms with van der Waals surface area (Å²) >= 11 is 0. The highest BCUT2D eigenvalue weighted by Crippen LogP contribution is 2.34. The molecule has 1 aromatic carbocycles. The van der Waals surface area contributed by atoms with Crippen LogP contribution >= 0.6 is 8.53 Å². The van der Waals surface area contributed by atoms with Gasteiger partial charge in [-0.2, -0.15) is 0 Å². The first kappa shape index (κ1) is 15.9. The van der Waals surface area contributed by atoms with Crippen molar-refractivity contribution in [2.45, 2.75) is 32.9 Å². The topological polar surface area (TPSA) is 56.8 Å². The maximum atomic E-state index is 11.7. The lowest BCUT2D eigenvalue weighted by atomic mass is 10.3. The Hall–Kier alpha value is -1.16. The van der Waals surface area contributed by atoms with Crippen molar-refractivity contribution in [3.05, 3.63) is 30.3 Å². The molecule has 0 heterocycles. The van der Waals surface area contributed by atoms with E-state index in [-0.39, 0.29) is 12.1 Å². The highest BCUT2D eigenvalue weighted by atomic mass is 31.2. The number of hydrogen-bond donors (Lipinski definition) is 1. The normalized spacial score (nSPS) is 13.9. The summed E-state index contributed by atoms with van der Waals surface area (Å²) in [5.74, 6) is 0.364. The molecule has 1 aromatic rings. The van der Waals surface area contributed by atoms with Crippen LogP contribution in [0.3, 0.4) is 0 Å². The number of ether oxygens (including phenoxy) is 1. The second-order valence-corrected chi connectivity index (χ2v) is 5.50. The Morgan fingerprint density at radius 3 is 2.37 bits per heavy atom. The molecule has 0 aliphatic carbocycles. The smallest absolute Gasteiger partial charge is 0.323 e. The number of esters is 1. The van der Waals surface area contributed by atoms with Crippen molar-refractivity contribution in [2.24, 2.45) is 0 Å². The third kappa shape index (κ3) is 6.01. The minimum absolute atomic E-state index is 0.138. The van der Waals surface area contributed by atoms with Gasteiger partial charge in [-0.25, -0.2) is 5.09 Å². The number of nitrogens with one attached hydrogen (secondary N) is 1. The first-order chi connectivity index (χ1) is 9.02. The van der Waals surface area contributed by atoms with Gasteiger partial charge in [-0.3, -0.25) is 4.79 Å². The van der Waals surface area contributed by atoms with Crippen LogP contribution in [0.25, 0.3) is 0 Å². The van der Waals surface area contributed by atoms with Gasteiger partial charge in [-0.05, 0) is 32.9 Å². The van der Waals surface area contributed by atoms with Crippen molar-refractivity contribution in [2.75, 3.05) is 7.11 Å². The lowest BCUT2D eigenvalue weighted by Gasteiger charge is -2.20. The van der Waals surface area contributed by atoms with Crippen LogP contribution in [0.15, 0.2) is 30.3 Å². The number of carbonyl (C=O) groups excluding carboxylic acids is 1. The molecule has 0 aromatic heterocycles. The number of benzene rings is 1. The Bertz CT molecular complexity index is 385. The van der Waals surface area contributed by atoms with Gasteiger partial charge in [0.15, 0.2) is 0 Å². The molecular weight excluding hydrogens is 265 g/mol. The monoisotopic (exact) mass is 285 g/mol. The maximum absolute atomic E-state index is 11.7. The predicted octanol–water partition coefficient (Wildman–Crippen LogP) is 2.87. The average Bonchev–Trinajstić information content (AvgIpc) is 2.38. The largest absolute Gasteiger partial charge is 0.462 e. The van der Waals surface area contributed by atoms with E-state index >= 15 is 0 Å². The van der Waals surface area contributed by atoms with E-state index in [4.69, 9.17) is 13.8 Å². The molecule has 5 nitrogen and oxygen atoms in total.